The summed E-state index contributed by atoms with van der Waals surface area (Å²) in [4.78, 5) is 18.6. The van der Waals surface area contributed by atoms with Crippen molar-refractivity contribution in [3.05, 3.63) is 30.1 Å². The Kier molecular flexibility index (Phi) is 5.81. The Bertz CT molecular complexity index is 733. The second kappa shape index (κ2) is 8.65. The van der Waals surface area contributed by atoms with Crippen LogP contribution in [0.3, 0.4) is 0 Å². The molecule has 8 nitrogen and oxygen atoms in total. The molecule has 1 N–H and O–H groups in total. The summed E-state index contributed by atoms with van der Waals surface area (Å²) in [5.41, 5.74) is 2.24. The number of carbonyl (C=O) groups excluding carboxylic acids is 1. The fraction of sp³-hybridized carbons (Fsp3) is 0.684. The number of hydrogen-bond acceptors (Lipinski definition) is 5. The molecule has 0 bridgehead atoms. The molecule has 146 valence electrons. The Morgan fingerprint density at radius 1 is 1.22 bits per heavy atom. The predicted molar refractivity (Wildman–Crippen MR) is 101 cm³/mol. The molecule has 1 fully saturated rings. The fourth-order valence-corrected chi connectivity index (χ4v) is 4.22. The zero-order valence-corrected chi connectivity index (χ0v) is 15.9. The topological polar surface area (TPSA) is 80.9 Å². The molecular formula is C19H29N7O. The highest BCUT2D eigenvalue weighted by molar-refractivity contribution is 5.75. The summed E-state index contributed by atoms with van der Waals surface area (Å²) in [6.45, 7) is 4.25. The molecule has 0 aromatic carbocycles. The minimum Gasteiger partial charge on any atom is -0.350 e. The average molecular weight is 371 g/mol. The molecule has 1 aliphatic heterocycles. The molecule has 4 rings (SSSR count). The highest BCUT2D eigenvalue weighted by atomic mass is 16.1. The van der Waals surface area contributed by atoms with Crippen LogP contribution in [-0.2, 0) is 31.0 Å². The van der Waals surface area contributed by atoms with Crippen LogP contribution in [0, 0.1) is 0 Å². The Morgan fingerprint density at radius 2 is 2.11 bits per heavy atom. The average Bonchev–Trinajstić information content (AvgIpc) is 3.36. The Morgan fingerprint density at radius 3 is 2.93 bits per heavy atom. The Hall–Kier alpha value is -2.22. The lowest BCUT2D eigenvalue weighted by Gasteiger charge is -2.36. The van der Waals surface area contributed by atoms with Crippen molar-refractivity contribution in [1.29, 1.82) is 0 Å². The smallest absolute Gasteiger partial charge is 0.220 e. The van der Waals surface area contributed by atoms with Gasteiger partial charge in [0.2, 0.25) is 5.91 Å². The first kappa shape index (κ1) is 18.2. The summed E-state index contributed by atoms with van der Waals surface area (Å²) >= 11 is 0. The number of hydrogen-bond donors (Lipinski definition) is 1. The van der Waals surface area contributed by atoms with E-state index in [0.29, 0.717) is 19.5 Å². The van der Waals surface area contributed by atoms with Gasteiger partial charge in [0.05, 0.1) is 24.5 Å². The van der Waals surface area contributed by atoms with E-state index >= 15 is 0 Å². The molecule has 2 aliphatic rings. The van der Waals surface area contributed by atoms with Crippen molar-refractivity contribution in [3.63, 3.8) is 0 Å². The molecule has 0 unspecified atom stereocenters. The van der Waals surface area contributed by atoms with E-state index in [1.165, 1.54) is 44.1 Å². The minimum atomic E-state index is 0.0601. The van der Waals surface area contributed by atoms with Crippen LogP contribution in [0.25, 0.3) is 0 Å². The first-order valence-electron chi connectivity index (χ1n) is 10.2. The van der Waals surface area contributed by atoms with Crippen molar-refractivity contribution in [2.24, 2.45) is 0 Å². The van der Waals surface area contributed by atoms with Gasteiger partial charge in [0, 0.05) is 32.1 Å². The highest BCUT2D eigenvalue weighted by Crippen LogP contribution is 2.26. The van der Waals surface area contributed by atoms with Gasteiger partial charge in [0.15, 0.2) is 0 Å². The molecule has 1 amide bonds. The summed E-state index contributed by atoms with van der Waals surface area (Å²) in [6, 6.07) is 2.90. The molecule has 0 radical (unpaired) electrons. The molecule has 3 heterocycles. The maximum absolute atomic E-state index is 12.0. The SMILES string of the molecule is O=C(CCCn1cncn1)NCc1cc2n(n1)CCN(C1CCCCC1)C2. The van der Waals surface area contributed by atoms with Crippen LogP contribution < -0.4 is 5.32 Å². The summed E-state index contributed by atoms with van der Waals surface area (Å²) in [5, 5.41) is 11.7. The Labute approximate surface area is 159 Å². The summed E-state index contributed by atoms with van der Waals surface area (Å²) < 4.78 is 3.86. The van der Waals surface area contributed by atoms with E-state index in [4.69, 9.17) is 0 Å². The van der Waals surface area contributed by atoms with Gasteiger partial charge in [0.1, 0.15) is 12.7 Å². The van der Waals surface area contributed by atoms with Gasteiger partial charge in [-0.2, -0.15) is 10.2 Å². The number of nitrogens with one attached hydrogen (secondary N) is 1. The summed E-state index contributed by atoms with van der Waals surface area (Å²) in [5.74, 6) is 0.0601. The van der Waals surface area contributed by atoms with Gasteiger partial charge in [-0.1, -0.05) is 19.3 Å². The quantitative estimate of drug-likeness (QED) is 0.801. The molecule has 1 saturated carbocycles. The molecule has 27 heavy (non-hydrogen) atoms. The summed E-state index contributed by atoms with van der Waals surface area (Å²) in [7, 11) is 0. The first-order chi connectivity index (χ1) is 13.3. The van der Waals surface area contributed by atoms with Crippen molar-refractivity contribution >= 4 is 5.91 Å². The summed E-state index contributed by atoms with van der Waals surface area (Å²) in [6.07, 6.45) is 11.2. The first-order valence-corrected chi connectivity index (χ1v) is 10.2. The number of aryl methyl sites for hydroxylation is 1. The van der Waals surface area contributed by atoms with Crippen molar-refractivity contribution in [2.75, 3.05) is 6.54 Å². The van der Waals surface area contributed by atoms with Crippen LogP contribution in [-0.4, -0.2) is 47.9 Å². The molecule has 0 spiro atoms. The molecule has 8 heteroatoms. The fourth-order valence-electron chi connectivity index (χ4n) is 4.22. The Balaban J connectivity index is 1.22. The molecule has 0 atom stereocenters. The minimum absolute atomic E-state index is 0.0601. The van der Waals surface area contributed by atoms with Crippen molar-refractivity contribution in [2.45, 2.75) is 77.2 Å². The predicted octanol–water partition coefficient (Wildman–Crippen LogP) is 1.72. The second-order valence-corrected chi connectivity index (χ2v) is 7.65. The van der Waals surface area contributed by atoms with Gasteiger partial charge in [-0.25, -0.2) is 4.98 Å². The van der Waals surface area contributed by atoms with E-state index in [1.54, 1.807) is 11.0 Å². The van der Waals surface area contributed by atoms with Crippen molar-refractivity contribution in [1.82, 2.24) is 34.8 Å². The lowest BCUT2D eigenvalue weighted by molar-refractivity contribution is -0.121. The zero-order chi connectivity index (χ0) is 18.5. The number of rotatable bonds is 7. The van der Waals surface area contributed by atoms with Crippen LogP contribution >= 0.6 is 0 Å². The molecule has 1 aliphatic carbocycles. The van der Waals surface area contributed by atoms with Crippen LogP contribution in [0.5, 0.6) is 0 Å². The molecule has 2 aromatic rings. The maximum Gasteiger partial charge on any atom is 0.220 e. The van der Waals surface area contributed by atoms with Gasteiger partial charge in [0.25, 0.3) is 0 Å². The third kappa shape index (κ3) is 4.74. The van der Waals surface area contributed by atoms with Crippen molar-refractivity contribution in [3.8, 4) is 0 Å². The second-order valence-electron chi connectivity index (χ2n) is 7.65. The van der Waals surface area contributed by atoms with E-state index in [2.05, 4.69) is 36.1 Å². The van der Waals surface area contributed by atoms with Gasteiger partial charge >= 0.3 is 0 Å². The number of fused-ring (bicyclic) bond motifs is 1. The van der Waals surface area contributed by atoms with E-state index in [1.807, 2.05) is 0 Å². The van der Waals surface area contributed by atoms with Gasteiger partial charge < -0.3 is 5.32 Å². The van der Waals surface area contributed by atoms with Gasteiger partial charge in [-0.3, -0.25) is 19.1 Å². The van der Waals surface area contributed by atoms with Crippen LogP contribution in [0.15, 0.2) is 18.7 Å². The van der Waals surface area contributed by atoms with E-state index in [-0.39, 0.29) is 5.91 Å². The van der Waals surface area contributed by atoms with Crippen molar-refractivity contribution < 1.29 is 4.79 Å². The number of aromatic nitrogens is 5. The molecule has 0 saturated heterocycles. The number of amides is 1. The largest absolute Gasteiger partial charge is 0.350 e. The highest BCUT2D eigenvalue weighted by Gasteiger charge is 2.25. The normalized spacial score (nSPS) is 18.4. The monoisotopic (exact) mass is 371 g/mol. The molecule has 2 aromatic heterocycles. The van der Waals surface area contributed by atoms with Crippen LogP contribution in [0.2, 0.25) is 0 Å². The number of nitrogens with zero attached hydrogens (tertiary/aromatic N) is 6. The van der Waals surface area contributed by atoms with Crippen LogP contribution in [0.1, 0.15) is 56.3 Å². The van der Waals surface area contributed by atoms with Gasteiger partial charge in [-0.05, 0) is 25.3 Å². The zero-order valence-electron chi connectivity index (χ0n) is 15.9. The number of carbonyl (C=O) groups is 1. The van der Waals surface area contributed by atoms with E-state index < -0.39 is 0 Å². The van der Waals surface area contributed by atoms with Crippen LogP contribution in [0.4, 0.5) is 0 Å². The lowest BCUT2D eigenvalue weighted by Crippen LogP contribution is -2.42. The van der Waals surface area contributed by atoms with Gasteiger partial charge in [-0.15, -0.1) is 0 Å². The standard InChI is InChI=1S/C19H29N7O/c27-19(7-4-8-25-15-20-14-22-25)21-12-16-11-18-13-24(9-10-26(18)23-16)17-5-2-1-3-6-17/h11,14-15,17H,1-10,12-13H2,(H,21,27). The third-order valence-electron chi connectivity index (χ3n) is 5.69. The van der Waals surface area contributed by atoms with E-state index in [9.17, 15) is 4.79 Å². The lowest BCUT2D eigenvalue weighted by atomic mass is 9.94. The van der Waals surface area contributed by atoms with E-state index in [0.717, 1.165) is 37.8 Å². The third-order valence-corrected chi connectivity index (χ3v) is 5.69. The molecular weight excluding hydrogens is 342 g/mol. The maximum atomic E-state index is 12.0.